The van der Waals surface area contributed by atoms with Crippen LogP contribution < -0.4 is 5.32 Å². The van der Waals surface area contributed by atoms with Crippen LogP contribution in [-0.4, -0.2) is 30.9 Å². The summed E-state index contributed by atoms with van der Waals surface area (Å²) in [6.07, 6.45) is 0. The molecule has 1 N–H and O–H groups in total. The van der Waals surface area contributed by atoms with Crippen molar-refractivity contribution in [3.63, 3.8) is 0 Å². The maximum atomic E-state index is 12.4. The molecular weight excluding hydrogens is 244 g/mol. The molecule has 1 aromatic heterocycles. The highest BCUT2D eigenvalue weighted by atomic mass is 32.1. The average Bonchev–Trinajstić information content (AvgIpc) is 2.70. The lowest BCUT2D eigenvalue weighted by molar-refractivity contribution is -0.138. The Balaban J connectivity index is 2.01. The summed E-state index contributed by atoms with van der Waals surface area (Å²) < 4.78 is 0. The third kappa shape index (κ3) is 2.59. The van der Waals surface area contributed by atoms with Crippen molar-refractivity contribution in [2.75, 3.05) is 20.1 Å². The number of thiophene rings is 1. The molecule has 3 nitrogen and oxygen atoms in total. The van der Waals surface area contributed by atoms with Gasteiger partial charge in [-0.3, -0.25) is 4.79 Å². The molecule has 4 heteroatoms. The van der Waals surface area contributed by atoms with E-state index in [1.165, 1.54) is 9.75 Å². The lowest BCUT2D eigenvalue weighted by Crippen LogP contribution is -2.50. The van der Waals surface area contributed by atoms with Crippen LogP contribution in [-0.2, 0) is 4.79 Å². The van der Waals surface area contributed by atoms with Crippen LogP contribution in [0.15, 0.2) is 12.1 Å². The highest BCUT2D eigenvalue weighted by molar-refractivity contribution is 7.12. The first-order chi connectivity index (χ1) is 8.50. The highest BCUT2D eigenvalue weighted by Gasteiger charge is 2.32. The minimum Gasteiger partial charge on any atom is -0.338 e. The maximum absolute atomic E-state index is 12.4. The lowest BCUT2D eigenvalue weighted by atomic mass is 9.88. The van der Waals surface area contributed by atoms with E-state index in [1.54, 1.807) is 11.3 Å². The molecule has 1 aliphatic heterocycles. The summed E-state index contributed by atoms with van der Waals surface area (Å²) in [6.45, 7) is 8.22. The van der Waals surface area contributed by atoms with E-state index in [9.17, 15) is 4.79 Å². The quantitative estimate of drug-likeness (QED) is 0.908. The van der Waals surface area contributed by atoms with E-state index in [1.807, 2.05) is 11.9 Å². The number of amides is 1. The predicted molar refractivity (Wildman–Crippen MR) is 75.8 cm³/mol. The van der Waals surface area contributed by atoms with E-state index in [4.69, 9.17) is 0 Å². The Hall–Kier alpha value is -0.870. The molecule has 1 saturated heterocycles. The molecule has 0 radical (unpaired) electrons. The molecule has 1 aromatic rings. The molecule has 0 aromatic carbocycles. The summed E-state index contributed by atoms with van der Waals surface area (Å²) in [5.41, 5.74) is 0. The first kappa shape index (κ1) is 13.6. The molecule has 2 atom stereocenters. The Kier molecular flexibility index (Phi) is 4.07. The molecule has 2 rings (SSSR count). The number of rotatable bonds is 4. The van der Waals surface area contributed by atoms with Gasteiger partial charge in [-0.05, 0) is 45.0 Å². The van der Waals surface area contributed by atoms with E-state index in [-0.39, 0.29) is 17.9 Å². The Morgan fingerprint density at radius 3 is 2.56 bits per heavy atom. The van der Waals surface area contributed by atoms with E-state index < -0.39 is 0 Å². The number of carbonyl (C=O) groups excluding carboxylic acids is 1. The Labute approximate surface area is 113 Å². The molecule has 0 bridgehead atoms. The predicted octanol–water partition coefficient (Wildman–Crippen LogP) is 2.43. The third-order valence-corrected chi connectivity index (χ3v) is 5.18. The summed E-state index contributed by atoms with van der Waals surface area (Å²) in [5.74, 6) is 0.900. The lowest BCUT2D eigenvalue weighted by Gasteiger charge is -2.35. The van der Waals surface area contributed by atoms with Crippen LogP contribution in [0.2, 0.25) is 0 Å². The van der Waals surface area contributed by atoms with Gasteiger partial charge in [-0.25, -0.2) is 0 Å². The van der Waals surface area contributed by atoms with Crippen molar-refractivity contribution >= 4 is 17.2 Å². The number of hydrogen-bond acceptors (Lipinski definition) is 3. The molecule has 0 spiro atoms. The molecule has 2 unspecified atom stereocenters. The van der Waals surface area contributed by atoms with E-state index in [2.05, 4.69) is 38.2 Å². The smallest absolute Gasteiger partial charge is 0.226 e. The molecular formula is C14H22N2OS. The second-order valence-corrected chi connectivity index (χ2v) is 6.60. The number of hydrogen-bond donors (Lipinski definition) is 1. The number of carbonyl (C=O) groups is 1. The van der Waals surface area contributed by atoms with Crippen LogP contribution >= 0.6 is 11.3 Å². The van der Waals surface area contributed by atoms with Crippen LogP contribution in [0.1, 0.15) is 29.6 Å². The largest absolute Gasteiger partial charge is 0.338 e. The summed E-state index contributed by atoms with van der Waals surface area (Å²) >= 11 is 1.78. The standard InChI is InChI=1S/C14H22N2OS/c1-9-5-6-13(18-9)11(3)16(4)14(17)10(2)12-7-15-8-12/h5-6,10-12,15H,7-8H2,1-4H3. The summed E-state index contributed by atoms with van der Waals surface area (Å²) in [5, 5.41) is 3.23. The molecule has 1 fully saturated rings. The molecule has 0 aliphatic carbocycles. The molecule has 0 saturated carbocycles. The van der Waals surface area contributed by atoms with Gasteiger partial charge in [0.1, 0.15) is 0 Å². The first-order valence-corrected chi connectivity index (χ1v) is 7.36. The van der Waals surface area contributed by atoms with Crippen molar-refractivity contribution in [3.05, 3.63) is 21.9 Å². The van der Waals surface area contributed by atoms with Gasteiger partial charge in [-0.1, -0.05) is 6.92 Å². The monoisotopic (exact) mass is 266 g/mol. The van der Waals surface area contributed by atoms with E-state index in [0.29, 0.717) is 5.92 Å². The van der Waals surface area contributed by atoms with Crippen LogP contribution in [0.3, 0.4) is 0 Å². The van der Waals surface area contributed by atoms with Crippen molar-refractivity contribution in [2.24, 2.45) is 11.8 Å². The second-order valence-electron chi connectivity index (χ2n) is 5.28. The zero-order valence-electron chi connectivity index (χ0n) is 11.6. The van der Waals surface area contributed by atoms with Gasteiger partial charge < -0.3 is 10.2 Å². The van der Waals surface area contributed by atoms with Crippen LogP contribution in [0.5, 0.6) is 0 Å². The average molecular weight is 266 g/mol. The van der Waals surface area contributed by atoms with E-state index in [0.717, 1.165) is 13.1 Å². The summed E-state index contributed by atoms with van der Waals surface area (Å²) in [7, 11) is 1.92. The van der Waals surface area contributed by atoms with Crippen molar-refractivity contribution in [3.8, 4) is 0 Å². The van der Waals surface area contributed by atoms with Crippen molar-refractivity contribution < 1.29 is 4.79 Å². The minimum atomic E-state index is 0.125. The van der Waals surface area contributed by atoms with E-state index >= 15 is 0 Å². The van der Waals surface area contributed by atoms with Crippen molar-refractivity contribution in [2.45, 2.75) is 26.8 Å². The first-order valence-electron chi connectivity index (χ1n) is 6.54. The molecule has 100 valence electrons. The van der Waals surface area contributed by atoms with Crippen LogP contribution in [0.4, 0.5) is 0 Å². The van der Waals surface area contributed by atoms with Gasteiger partial charge in [0.05, 0.1) is 6.04 Å². The van der Waals surface area contributed by atoms with Crippen LogP contribution in [0.25, 0.3) is 0 Å². The van der Waals surface area contributed by atoms with Gasteiger partial charge in [-0.2, -0.15) is 0 Å². The number of nitrogens with one attached hydrogen (secondary N) is 1. The Bertz CT molecular complexity index is 425. The topological polar surface area (TPSA) is 32.3 Å². The normalized spacial score (nSPS) is 19.1. The molecule has 2 heterocycles. The summed E-state index contributed by atoms with van der Waals surface area (Å²) in [6, 6.07) is 4.42. The fraction of sp³-hybridized carbons (Fsp3) is 0.643. The Morgan fingerprint density at radius 2 is 2.11 bits per heavy atom. The maximum Gasteiger partial charge on any atom is 0.226 e. The van der Waals surface area contributed by atoms with Crippen molar-refractivity contribution in [1.82, 2.24) is 10.2 Å². The van der Waals surface area contributed by atoms with Gasteiger partial charge in [0, 0.05) is 22.7 Å². The second kappa shape index (κ2) is 5.41. The minimum absolute atomic E-state index is 0.125. The third-order valence-electron chi connectivity index (χ3n) is 4.01. The fourth-order valence-corrected chi connectivity index (χ4v) is 3.22. The Morgan fingerprint density at radius 1 is 1.44 bits per heavy atom. The van der Waals surface area contributed by atoms with Gasteiger partial charge in [0.2, 0.25) is 5.91 Å². The SMILES string of the molecule is Cc1ccc(C(C)N(C)C(=O)C(C)C2CNC2)s1. The fourth-order valence-electron chi connectivity index (χ4n) is 2.25. The molecule has 1 aliphatic rings. The molecule has 1 amide bonds. The molecule has 18 heavy (non-hydrogen) atoms. The van der Waals surface area contributed by atoms with Gasteiger partial charge in [-0.15, -0.1) is 11.3 Å². The zero-order valence-corrected chi connectivity index (χ0v) is 12.4. The van der Waals surface area contributed by atoms with Crippen LogP contribution in [0, 0.1) is 18.8 Å². The zero-order chi connectivity index (χ0) is 13.3. The van der Waals surface area contributed by atoms with Gasteiger partial charge >= 0.3 is 0 Å². The number of nitrogens with zero attached hydrogens (tertiary/aromatic N) is 1. The van der Waals surface area contributed by atoms with Gasteiger partial charge in [0.15, 0.2) is 0 Å². The summed E-state index contributed by atoms with van der Waals surface area (Å²) in [4.78, 5) is 16.9. The van der Waals surface area contributed by atoms with Crippen molar-refractivity contribution in [1.29, 1.82) is 0 Å². The number of aryl methyl sites for hydroxylation is 1. The highest BCUT2D eigenvalue weighted by Crippen LogP contribution is 2.28. The van der Waals surface area contributed by atoms with Gasteiger partial charge in [0.25, 0.3) is 0 Å².